The molecule has 2 fully saturated rings. The normalized spacial score (nSPS) is 37.9. The Morgan fingerprint density at radius 2 is 2.00 bits per heavy atom. The molecule has 0 aromatic carbocycles. The Hall–Kier alpha value is -0.720. The van der Waals surface area contributed by atoms with Crippen LogP contribution in [0.2, 0.25) is 0 Å². The average Bonchev–Trinajstić information content (AvgIpc) is 2.38. The maximum Gasteiger partial charge on any atom is 0.0961 e. The van der Waals surface area contributed by atoms with Crippen LogP contribution in [0.1, 0.15) is 44.9 Å². The van der Waals surface area contributed by atoms with Gasteiger partial charge in [0.1, 0.15) is 0 Å². The highest BCUT2D eigenvalue weighted by molar-refractivity contribution is 5.26. The zero-order chi connectivity index (χ0) is 11.0. The second-order valence-corrected chi connectivity index (χ2v) is 5.64. The molecule has 0 heterocycles. The summed E-state index contributed by atoms with van der Waals surface area (Å²) in [5, 5.41) is 0. The van der Waals surface area contributed by atoms with Crippen LogP contribution < -0.4 is 0 Å². The second-order valence-electron chi connectivity index (χ2n) is 5.64. The third kappa shape index (κ3) is 1.70. The van der Waals surface area contributed by atoms with E-state index in [0.29, 0.717) is 0 Å². The fourth-order valence-corrected chi connectivity index (χ4v) is 4.06. The zero-order valence-corrected chi connectivity index (χ0v) is 10.2. The largest absolute Gasteiger partial charge is 0.501 e. The van der Waals surface area contributed by atoms with Crippen molar-refractivity contribution in [3.63, 3.8) is 0 Å². The number of ether oxygens (including phenoxy) is 1. The van der Waals surface area contributed by atoms with Crippen molar-refractivity contribution in [2.45, 2.75) is 44.9 Å². The van der Waals surface area contributed by atoms with Crippen LogP contribution in [0.15, 0.2) is 23.5 Å². The quantitative estimate of drug-likeness (QED) is 0.645. The van der Waals surface area contributed by atoms with Crippen molar-refractivity contribution in [3.8, 4) is 0 Å². The number of rotatable bonds is 1. The topological polar surface area (TPSA) is 9.23 Å². The molecule has 0 amide bonds. The van der Waals surface area contributed by atoms with E-state index >= 15 is 0 Å². The first-order chi connectivity index (χ1) is 7.88. The molecule has 0 bridgehead atoms. The van der Waals surface area contributed by atoms with E-state index in [1.807, 2.05) is 7.11 Å². The van der Waals surface area contributed by atoms with Crippen molar-refractivity contribution < 1.29 is 4.74 Å². The molecule has 0 radical (unpaired) electrons. The molecule has 16 heavy (non-hydrogen) atoms. The zero-order valence-electron chi connectivity index (χ0n) is 10.2. The third-order valence-corrected chi connectivity index (χ3v) is 4.93. The number of hydrogen-bond donors (Lipinski definition) is 0. The van der Waals surface area contributed by atoms with E-state index in [-0.39, 0.29) is 0 Å². The van der Waals surface area contributed by atoms with E-state index < -0.39 is 0 Å². The monoisotopic (exact) mass is 218 g/mol. The number of fused-ring (bicyclic) bond motifs is 3. The van der Waals surface area contributed by atoms with Gasteiger partial charge in [0.15, 0.2) is 0 Å². The molecule has 3 rings (SSSR count). The van der Waals surface area contributed by atoms with E-state index in [4.69, 9.17) is 4.74 Å². The molecular weight excluding hydrogens is 196 g/mol. The molecule has 3 aliphatic carbocycles. The van der Waals surface area contributed by atoms with Gasteiger partial charge in [0.05, 0.1) is 12.9 Å². The van der Waals surface area contributed by atoms with Crippen LogP contribution in [-0.2, 0) is 4.74 Å². The molecule has 0 aliphatic heterocycles. The minimum absolute atomic E-state index is 0.819. The number of hydrogen-bond acceptors (Lipinski definition) is 1. The Morgan fingerprint density at radius 1 is 1.12 bits per heavy atom. The van der Waals surface area contributed by atoms with Crippen molar-refractivity contribution in [3.05, 3.63) is 23.5 Å². The van der Waals surface area contributed by atoms with Gasteiger partial charge < -0.3 is 4.74 Å². The van der Waals surface area contributed by atoms with Crippen LogP contribution in [-0.4, -0.2) is 7.11 Å². The van der Waals surface area contributed by atoms with Gasteiger partial charge in [-0.15, -0.1) is 0 Å². The molecule has 1 heteroatoms. The first-order valence-corrected chi connectivity index (χ1v) is 6.82. The van der Waals surface area contributed by atoms with Crippen molar-refractivity contribution in [2.24, 2.45) is 17.8 Å². The predicted octanol–water partition coefficient (Wildman–Crippen LogP) is 4.06. The summed E-state index contributed by atoms with van der Waals surface area (Å²) < 4.78 is 5.44. The van der Waals surface area contributed by atoms with Gasteiger partial charge in [-0.2, -0.15) is 0 Å². The van der Waals surface area contributed by atoms with Gasteiger partial charge in [0.2, 0.25) is 0 Å². The van der Waals surface area contributed by atoms with E-state index in [9.17, 15) is 0 Å². The molecule has 3 aliphatic rings. The predicted molar refractivity (Wildman–Crippen MR) is 66.0 cm³/mol. The summed E-state index contributed by atoms with van der Waals surface area (Å²) in [6, 6.07) is 0. The maximum absolute atomic E-state index is 5.44. The molecule has 1 nitrogen and oxygen atoms in total. The molecule has 88 valence electrons. The molecular formula is C15H22O. The summed E-state index contributed by atoms with van der Waals surface area (Å²) in [6.45, 7) is 0. The van der Waals surface area contributed by atoms with Crippen LogP contribution in [0.5, 0.6) is 0 Å². The molecule has 3 atom stereocenters. The fraction of sp³-hybridized carbons (Fsp3) is 0.733. The number of allylic oxidation sites excluding steroid dienone is 4. The average molecular weight is 218 g/mol. The lowest BCUT2D eigenvalue weighted by atomic mass is 9.62. The van der Waals surface area contributed by atoms with E-state index in [1.54, 1.807) is 5.57 Å². The van der Waals surface area contributed by atoms with Gasteiger partial charge in [-0.3, -0.25) is 0 Å². The summed E-state index contributed by atoms with van der Waals surface area (Å²) in [5.41, 5.74) is 1.71. The van der Waals surface area contributed by atoms with Gasteiger partial charge in [-0.1, -0.05) is 30.9 Å². The highest BCUT2D eigenvalue weighted by Gasteiger charge is 2.38. The van der Waals surface area contributed by atoms with Gasteiger partial charge in [0, 0.05) is 6.42 Å². The Kier molecular flexibility index (Phi) is 2.79. The standard InChI is InChI=1S/C15H22O/c1-16-13-9-8-12-7-6-11-4-2-3-5-14(11)15(12)10-13/h8-9,11,14-15H,2-7,10H2,1H3. The Labute approximate surface area is 98.6 Å². The Bertz CT molecular complexity index is 326. The van der Waals surface area contributed by atoms with Gasteiger partial charge in [-0.25, -0.2) is 0 Å². The van der Waals surface area contributed by atoms with Crippen LogP contribution in [0, 0.1) is 17.8 Å². The van der Waals surface area contributed by atoms with Crippen molar-refractivity contribution >= 4 is 0 Å². The fourth-order valence-electron chi connectivity index (χ4n) is 4.06. The van der Waals surface area contributed by atoms with Crippen LogP contribution in [0.4, 0.5) is 0 Å². The minimum Gasteiger partial charge on any atom is -0.501 e. The Morgan fingerprint density at radius 3 is 2.88 bits per heavy atom. The lowest BCUT2D eigenvalue weighted by Crippen LogP contribution is -2.33. The van der Waals surface area contributed by atoms with Crippen molar-refractivity contribution in [1.82, 2.24) is 0 Å². The second kappa shape index (κ2) is 4.27. The first kappa shape index (κ1) is 10.4. The van der Waals surface area contributed by atoms with E-state index in [0.717, 1.165) is 17.8 Å². The van der Waals surface area contributed by atoms with Crippen LogP contribution in [0.3, 0.4) is 0 Å². The van der Waals surface area contributed by atoms with E-state index in [2.05, 4.69) is 12.2 Å². The number of methoxy groups -OCH3 is 1. The molecule has 0 aromatic rings. The summed E-state index contributed by atoms with van der Waals surface area (Å²) >= 11 is 0. The summed E-state index contributed by atoms with van der Waals surface area (Å²) in [6.07, 6.45) is 14.4. The molecule has 0 aromatic heterocycles. The highest BCUT2D eigenvalue weighted by Crippen LogP contribution is 2.49. The molecule has 0 spiro atoms. The van der Waals surface area contributed by atoms with E-state index in [1.165, 1.54) is 50.7 Å². The third-order valence-electron chi connectivity index (χ3n) is 4.93. The molecule has 2 saturated carbocycles. The summed E-state index contributed by atoms with van der Waals surface area (Å²) in [7, 11) is 1.81. The molecule has 0 saturated heterocycles. The van der Waals surface area contributed by atoms with Crippen molar-refractivity contribution in [2.75, 3.05) is 7.11 Å². The maximum atomic E-state index is 5.44. The summed E-state index contributed by atoms with van der Waals surface area (Å²) in [5.74, 6) is 4.00. The smallest absolute Gasteiger partial charge is 0.0961 e. The lowest BCUT2D eigenvalue weighted by molar-refractivity contribution is 0.126. The molecule has 3 unspecified atom stereocenters. The minimum atomic E-state index is 0.819. The Balaban J connectivity index is 1.82. The molecule has 0 N–H and O–H groups in total. The van der Waals surface area contributed by atoms with Gasteiger partial charge in [-0.05, 0) is 43.1 Å². The highest BCUT2D eigenvalue weighted by atomic mass is 16.5. The van der Waals surface area contributed by atoms with Crippen LogP contribution >= 0.6 is 0 Å². The lowest BCUT2D eigenvalue weighted by Gasteiger charge is -2.44. The first-order valence-electron chi connectivity index (χ1n) is 6.82. The van der Waals surface area contributed by atoms with Gasteiger partial charge in [0.25, 0.3) is 0 Å². The SMILES string of the molecule is COC1=CC=C2CCC3CCCCC3C2C1. The van der Waals surface area contributed by atoms with Crippen molar-refractivity contribution in [1.29, 1.82) is 0 Å². The summed E-state index contributed by atoms with van der Waals surface area (Å²) in [4.78, 5) is 0. The van der Waals surface area contributed by atoms with Crippen LogP contribution in [0.25, 0.3) is 0 Å². The van der Waals surface area contributed by atoms with Gasteiger partial charge >= 0.3 is 0 Å².